The van der Waals surface area contributed by atoms with Gasteiger partial charge in [0.05, 0.1) is 0 Å². The minimum absolute atomic E-state index is 0.0493. The van der Waals surface area contributed by atoms with Crippen LogP contribution in [0, 0.1) is 5.41 Å². The van der Waals surface area contributed by atoms with Crippen LogP contribution in [0.25, 0.3) is 0 Å². The van der Waals surface area contributed by atoms with Crippen LogP contribution in [0.2, 0.25) is 0 Å². The number of rotatable bonds is 5. The maximum absolute atomic E-state index is 12.1. The first kappa shape index (κ1) is 13.3. The number of carbonyl (C=O) groups is 2. The van der Waals surface area contributed by atoms with Gasteiger partial charge in [-0.05, 0) is 38.8 Å². The molecule has 1 saturated carbocycles. The summed E-state index contributed by atoms with van der Waals surface area (Å²) in [4.78, 5) is 23.5. The van der Waals surface area contributed by atoms with Gasteiger partial charge in [0, 0.05) is 24.4 Å². The quantitative estimate of drug-likeness (QED) is 0.654. The number of nitrogens with one attached hydrogen (secondary N) is 3. The van der Waals surface area contributed by atoms with Crippen LogP contribution < -0.4 is 16.0 Å². The van der Waals surface area contributed by atoms with Crippen LogP contribution in [0.5, 0.6) is 0 Å². The molecule has 2 amide bonds. The number of piperidine rings is 1. The van der Waals surface area contributed by atoms with Crippen molar-refractivity contribution in [1.29, 1.82) is 0 Å². The molecule has 18 heavy (non-hydrogen) atoms. The van der Waals surface area contributed by atoms with Crippen LogP contribution in [0.1, 0.15) is 39.0 Å². The molecule has 1 aliphatic heterocycles. The second-order valence-corrected chi connectivity index (χ2v) is 5.66. The third-order valence-corrected chi connectivity index (χ3v) is 3.84. The van der Waals surface area contributed by atoms with Crippen LogP contribution >= 0.6 is 0 Å². The molecule has 102 valence electrons. The summed E-state index contributed by atoms with van der Waals surface area (Å²) >= 11 is 0. The van der Waals surface area contributed by atoms with Crippen molar-refractivity contribution in [2.45, 2.75) is 45.1 Å². The Morgan fingerprint density at radius 1 is 1.28 bits per heavy atom. The van der Waals surface area contributed by atoms with Crippen molar-refractivity contribution >= 4 is 11.8 Å². The largest absolute Gasteiger partial charge is 0.355 e. The Balaban J connectivity index is 1.65. The van der Waals surface area contributed by atoms with Gasteiger partial charge in [0.25, 0.3) is 0 Å². The van der Waals surface area contributed by atoms with E-state index in [2.05, 4.69) is 16.0 Å². The summed E-state index contributed by atoms with van der Waals surface area (Å²) in [5.41, 5.74) is -0.266. The van der Waals surface area contributed by atoms with Gasteiger partial charge in [0.2, 0.25) is 11.8 Å². The molecule has 3 N–H and O–H groups in total. The molecule has 1 heterocycles. The van der Waals surface area contributed by atoms with Gasteiger partial charge in [-0.25, -0.2) is 0 Å². The summed E-state index contributed by atoms with van der Waals surface area (Å²) in [5.74, 6) is 0.136. The number of hydrogen-bond acceptors (Lipinski definition) is 3. The first-order chi connectivity index (χ1) is 8.60. The maximum Gasteiger partial charge on any atom is 0.226 e. The summed E-state index contributed by atoms with van der Waals surface area (Å²) in [6.45, 7) is 4.24. The van der Waals surface area contributed by atoms with E-state index in [1.54, 1.807) is 0 Å². The summed E-state index contributed by atoms with van der Waals surface area (Å²) in [6.07, 6.45) is 4.32. The molecule has 5 heteroatoms. The van der Waals surface area contributed by atoms with E-state index in [9.17, 15) is 9.59 Å². The molecule has 1 aliphatic carbocycles. The molecular formula is C13H23N3O2. The van der Waals surface area contributed by atoms with E-state index in [0.29, 0.717) is 19.0 Å². The average Bonchev–Trinajstić information content (AvgIpc) is 3.13. The fraction of sp³-hybridized carbons (Fsp3) is 0.846. The van der Waals surface area contributed by atoms with Crippen molar-refractivity contribution in [3.8, 4) is 0 Å². The standard InChI is InChI=1S/C13H23N3O2/c1-13(5-8-14-9-6-13)12(18)15-7-4-11(17)16-10-2-3-10/h10,14H,2-9H2,1H3,(H,15,18)(H,16,17). The van der Waals surface area contributed by atoms with Gasteiger partial charge < -0.3 is 16.0 Å². The van der Waals surface area contributed by atoms with Crippen LogP contribution in [0.3, 0.4) is 0 Å². The van der Waals surface area contributed by atoms with Crippen LogP contribution in [-0.2, 0) is 9.59 Å². The molecule has 0 radical (unpaired) electrons. The number of carbonyl (C=O) groups excluding carboxylic acids is 2. The van der Waals surface area contributed by atoms with E-state index in [1.165, 1.54) is 0 Å². The topological polar surface area (TPSA) is 70.2 Å². The normalized spacial score (nSPS) is 22.3. The molecule has 5 nitrogen and oxygen atoms in total. The number of hydrogen-bond donors (Lipinski definition) is 3. The monoisotopic (exact) mass is 253 g/mol. The molecular weight excluding hydrogens is 230 g/mol. The van der Waals surface area contributed by atoms with Gasteiger partial charge in [-0.15, -0.1) is 0 Å². The lowest BCUT2D eigenvalue weighted by atomic mass is 9.80. The van der Waals surface area contributed by atoms with Gasteiger partial charge in [-0.3, -0.25) is 9.59 Å². The Labute approximate surface area is 108 Å². The molecule has 0 aromatic rings. The van der Waals surface area contributed by atoms with Crippen molar-refractivity contribution in [3.05, 3.63) is 0 Å². The summed E-state index contributed by atoms with van der Waals surface area (Å²) < 4.78 is 0. The fourth-order valence-corrected chi connectivity index (χ4v) is 2.24. The third-order valence-electron chi connectivity index (χ3n) is 3.84. The van der Waals surface area contributed by atoms with E-state index in [-0.39, 0.29) is 17.2 Å². The lowest BCUT2D eigenvalue weighted by Crippen LogP contribution is -2.46. The third kappa shape index (κ3) is 3.70. The van der Waals surface area contributed by atoms with Gasteiger partial charge >= 0.3 is 0 Å². The van der Waals surface area contributed by atoms with Crippen molar-refractivity contribution in [3.63, 3.8) is 0 Å². The van der Waals surface area contributed by atoms with E-state index in [4.69, 9.17) is 0 Å². The minimum atomic E-state index is -0.266. The van der Waals surface area contributed by atoms with Gasteiger partial charge in [-0.1, -0.05) is 6.92 Å². The lowest BCUT2D eigenvalue weighted by molar-refractivity contribution is -0.131. The molecule has 0 aromatic heterocycles. The average molecular weight is 253 g/mol. The zero-order chi connectivity index (χ0) is 13.0. The van der Waals surface area contributed by atoms with Gasteiger partial charge in [0.1, 0.15) is 0 Å². The fourth-order valence-electron chi connectivity index (χ4n) is 2.24. The highest BCUT2D eigenvalue weighted by Crippen LogP contribution is 2.27. The Morgan fingerprint density at radius 2 is 1.94 bits per heavy atom. The second kappa shape index (κ2) is 5.69. The van der Waals surface area contributed by atoms with Crippen molar-refractivity contribution in [2.75, 3.05) is 19.6 Å². The van der Waals surface area contributed by atoms with Gasteiger partial charge in [0.15, 0.2) is 0 Å². The van der Waals surface area contributed by atoms with Crippen molar-refractivity contribution in [2.24, 2.45) is 5.41 Å². The first-order valence-corrected chi connectivity index (χ1v) is 6.88. The molecule has 2 fully saturated rings. The maximum atomic E-state index is 12.1. The van der Waals surface area contributed by atoms with Crippen molar-refractivity contribution < 1.29 is 9.59 Å². The summed E-state index contributed by atoms with van der Waals surface area (Å²) in [6, 6.07) is 0.398. The summed E-state index contributed by atoms with van der Waals surface area (Å²) in [7, 11) is 0. The highest BCUT2D eigenvalue weighted by Gasteiger charge is 2.34. The lowest BCUT2D eigenvalue weighted by Gasteiger charge is -2.32. The zero-order valence-electron chi connectivity index (χ0n) is 11.1. The molecule has 0 atom stereocenters. The molecule has 1 saturated heterocycles. The van der Waals surface area contributed by atoms with Crippen LogP contribution in [0.15, 0.2) is 0 Å². The molecule has 2 rings (SSSR count). The van der Waals surface area contributed by atoms with E-state index < -0.39 is 0 Å². The predicted octanol–water partition coefficient (Wildman–Crippen LogP) is 0.161. The highest BCUT2D eigenvalue weighted by molar-refractivity contribution is 5.83. The second-order valence-electron chi connectivity index (χ2n) is 5.66. The molecule has 0 aromatic carbocycles. The molecule has 0 unspecified atom stereocenters. The predicted molar refractivity (Wildman–Crippen MR) is 69.0 cm³/mol. The smallest absolute Gasteiger partial charge is 0.226 e. The molecule has 0 spiro atoms. The highest BCUT2D eigenvalue weighted by atomic mass is 16.2. The zero-order valence-corrected chi connectivity index (χ0v) is 11.1. The Kier molecular flexibility index (Phi) is 4.22. The van der Waals surface area contributed by atoms with Crippen LogP contribution in [-0.4, -0.2) is 37.5 Å². The van der Waals surface area contributed by atoms with E-state index in [0.717, 1.165) is 38.8 Å². The van der Waals surface area contributed by atoms with Gasteiger partial charge in [-0.2, -0.15) is 0 Å². The molecule has 2 aliphatic rings. The number of amides is 2. The Bertz CT molecular complexity index is 320. The molecule has 0 bridgehead atoms. The first-order valence-electron chi connectivity index (χ1n) is 6.88. The van der Waals surface area contributed by atoms with Crippen molar-refractivity contribution in [1.82, 2.24) is 16.0 Å². The van der Waals surface area contributed by atoms with E-state index in [1.807, 2.05) is 6.92 Å². The van der Waals surface area contributed by atoms with E-state index >= 15 is 0 Å². The summed E-state index contributed by atoms with van der Waals surface area (Å²) in [5, 5.41) is 9.06. The Morgan fingerprint density at radius 3 is 2.56 bits per heavy atom. The Hall–Kier alpha value is -1.10. The van der Waals surface area contributed by atoms with Crippen LogP contribution in [0.4, 0.5) is 0 Å². The SMILES string of the molecule is CC1(C(=O)NCCC(=O)NC2CC2)CCNCC1. The minimum Gasteiger partial charge on any atom is -0.355 e.